The van der Waals surface area contributed by atoms with E-state index < -0.39 is 12.5 Å². The Kier molecular flexibility index (Phi) is 8.30. The number of amides is 2. The van der Waals surface area contributed by atoms with E-state index in [0.29, 0.717) is 31.0 Å². The quantitative estimate of drug-likeness (QED) is 0.278. The van der Waals surface area contributed by atoms with Crippen LogP contribution in [0.4, 0.5) is 31.5 Å². The van der Waals surface area contributed by atoms with Crippen LogP contribution in [0.5, 0.6) is 0 Å². The Balaban J connectivity index is 1.23. The fourth-order valence-corrected chi connectivity index (χ4v) is 5.40. The fourth-order valence-electron chi connectivity index (χ4n) is 5.40. The Labute approximate surface area is 247 Å². The summed E-state index contributed by atoms with van der Waals surface area (Å²) >= 11 is 0. The van der Waals surface area contributed by atoms with Crippen molar-refractivity contribution >= 4 is 34.6 Å². The number of para-hydroxylation sites is 2. The van der Waals surface area contributed by atoms with Crippen LogP contribution < -0.4 is 20.4 Å². The summed E-state index contributed by atoms with van der Waals surface area (Å²) in [5.41, 5.74) is 4.59. The van der Waals surface area contributed by atoms with Crippen molar-refractivity contribution in [2.75, 3.05) is 33.5 Å². The number of rotatable bonds is 8. The number of anilines is 4. The number of carbonyl (C=O) groups excluding carboxylic acids is 2. The number of fused-ring (bicyclic) bond motifs is 2. The highest BCUT2D eigenvalue weighted by Gasteiger charge is 2.36. The van der Waals surface area contributed by atoms with Crippen molar-refractivity contribution in [1.29, 1.82) is 0 Å². The molecule has 4 aromatic rings. The summed E-state index contributed by atoms with van der Waals surface area (Å²) in [7, 11) is 0. The minimum atomic E-state index is -0.549. The van der Waals surface area contributed by atoms with Gasteiger partial charge in [0.2, 0.25) is 11.8 Å². The summed E-state index contributed by atoms with van der Waals surface area (Å²) in [6.07, 6.45) is -0.769. The number of halogens is 2. The lowest BCUT2D eigenvalue weighted by Crippen LogP contribution is -2.52. The van der Waals surface area contributed by atoms with E-state index in [1.54, 1.807) is 0 Å². The van der Waals surface area contributed by atoms with Crippen LogP contribution >= 0.6 is 0 Å². The normalized spacial score (nSPS) is 17.5. The highest BCUT2D eigenvalue weighted by molar-refractivity contribution is 5.95. The Bertz CT molecular complexity index is 1480. The first-order chi connectivity index (χ1) is 20.9. The average molecular weight is 585 g/mol. The molecule has 0 saturated carbocycles. The highest BCUT2D eigenvalue weighted by atomic mass is 19.1. The average Bonchev–Trinajstić information content (AvgIpc) is 3.01. The minimum Gasteiger partial charge on any atom is -0.353 e. The van der Waals surface area contributed by atoms with Gasteiger partial charge in [-0.15, -0.1) is 0 Å². The van der Waals surface area contributed by atoms with Crippen molar-refractivity contribution in [3.63, 3.8) is 0 Å². The molecule has 8 nitrogen and oxygen atoms in total. The Hall–Kier alpha value is -4.80. The monoisotopic (exact) mass is 584 g/mol. The summed E-state index contributed by atoms with van der Waals surface area (Å²) in [6.45, 7) is 0.664. The molecule has 2 aliphatic rings. The number of hydrogen-bond acceptors (Lipinski definition) is 6. The second-order valence-electron chi connectivity index (χ2n) is 10.4. The molecule has 2 unspecified atom stereocenters. The first-order valence-corrected chi connectivity index (χ1v) is 14.0. The molecule has 6 rings (SSSR count). The lowest BCUT2D eigenvalue weighted by molar-refractivity contribution is -0.116. The molecule has 2 N–H and O–H groups in total. The van der Waals surface area contributed by atoms with Crippen molar-refractivity contribution in [3.05, 3.63) is 120 Å². The van der Waals surface area contributed by atoms with E-state index in [4.69, 9.17) is 9.47 Å². The molecule has 2 atom stereocenters. The maximum Gasteiger partial charge on any atom is 0.243 e. The van der Waals surface area contributed by atoms with Crippen LogP contribution in [0.25, 0.3) is 0 Å². The molecule has 4 aromatic carbocycles. The van der Waals surface area contributed by atoms with Gasteiger partial charge in [0.1, 0.15) is 24.1 Å². The lowest BCUT2D eigenvalue weighted by Gasteiger charge is -2.43. The van der Waals surface area contributed by atoms with E-state index >= 15 is 0 Å². The molecule has 43 heavy (non-hydrogen) atoms. The Morgan fingerprint density at radius 3 is 1.44 bits per heavy atom. The maximum atomic E-state index is 13.4. The Morgan fingerprint density at radius 2 is 1.02 bits per heavy atom. The summed E-state index contributed by atoms with van der Waals surface area (Å²) in [5, 5.41) is 5.65. The van der Waals surface area contributed by atoms with Crippen LogP contribution in [-0.2, 0) is 32.3 Å². The number of hydrogen-bond donors (Lipinski definition) is 2. The second kappa shape index (κ2) is 12.6. The number of ether oxygens (including phenoxy) is 2. The first-order valence-electron chi connectivity index (χ1n) is 14.0. The van der Waals surface area contributed by atoms with Crippen LogP contribution in [0.15, 0.2) is 97.1 Å². The van der Waals surface area contributed by atoms with Gasteiger partial charge in [-0.2, -0.15) is 0 Å². The molecule has 0 radical (unpaired) electrons. The third kappa shape index (κ3) is 6.66. The molecular formula is C33H30F2N4O4. The predicted octanol–water partition coefficient (Wildman–Crippen LogP) is 5.66. The van der Waals surface area contributed by atoms with E-state index in [9.17, 15) is 18.4 Å². The molecule has 0 spiro atoms. The van der Waals surface area contributed by atoms with Crippen molar-refractivity contribution in [1.82, 2.24) is 0 Å². The van der Waals surface area contributed by atoms with E-state index in [1.807, 2.05) is 58.3 Å². The largest absolute Gasteiger partial charge is 0.353 e. The Morgan fingerprint density at radius 1 is 0.628 bits per heavy atom. The summed E-state index contributed by atoms with van der Waals surface area (Å²) in [5.74, 6) is -1.35. The molecule has 0 aromatic heterocycles. The van der Waals surface area contributed by atoms with Gasteiger partial charge >= 0.3 is 0 Å². The summed E-state index contributed by atoms with van der Waals surface area (Å²) in [4.78, 5) is 30.1. The van der Waals surface area contributed by atoms with E-state index in [-0.39, 0.29) is 36.5 Å². The SMILES string of the molecule is O=C(CN1c2ccccc2COC1CC1OCc2ccccc2N1CC(=O)Nc1ccc(F)cc1)Nc1ccc(F)cc1. The maximum absolute atomic E-state index is 13.4. The van der Waals surface area contributed by atoms with Gasteiger partial charge in [-0.25, -0.2) is 8.78 Å². The van der Waals surface area contributed by atoms with Gasteiger partial charge in [0.05, 0.1) is 26.3 Å². The van der Waals surface area contributed by atoms with Gasteiger partial charge in [0.25, 0.3) is 0 Å². The van der Waals surface area contributed by atoms with E-state index in [2.05, 4.69) is 10.6 Å². The van der Waals surface area contributed by atoms with Crippen LogP contribution in [-0.4, -0.2) is 37.4 Å². The number of carbonyl (C=O) groups is 2. The van der Waals surface area contributed by atoms with Crippen LogP contribution in [0, 0.1) is 11.6 Å². The number of nitrogens with zero attached hydrogens (tertiary/aromatic N) is 2. The predicted molar refractivity (Wildman–Crippen MR) is 159 cm³/mol. The molecule has 0 fully saturated rings. The lowest BCUT2D eigenvalue weighted by atomic mass is 10.1. The zero-order valence-corrected chi connectivity index (χ0v) is 23.2. The number of nitrogens with one attached hydrogen (secondary N) is 2. The van der Waals surface area contributed by atoms with Crippen molar-refractivity contribution < 1.29 is 27.8 Å². The molecule has 0 aliphatic carbocycles. The van der Waals surface area contributed by atoms with Gasteiger partial charge in [0.15, 0.2) is 0 Å². The molecular weight excluding hydrogens is 554 g/mol. The second-order valence-corrected chi connectivity index (χ2v) is 10.4. The van der Waals surface area contributed by atoms with Gasteiger partial charge in [-0.05, 0) is 60.7 Å². The molecule has 0 saturated heterocycles. The molecule has 2 amide bonds. The van der Waals surface area contributed by atoms with Crippen LogP contribution in [0.1, 0.15) is 17.5 Å². The third-order valence-corrected chi connectivity index (χ3v) is 7.45. The zero-order chi connectivity index (χ0) is 29.8. The van der Waals surface area contributed by atoms with Crippen molar-refractivity contribution in [2.24, 2.45) is 0 Å². The van der Waals surface area contributed by atoms with Crippen LogP contribution in [0.2, 0.25) is 0 Å². The molecule has 10 heteroatoms. The van der Waals surface area contributed by atoms with Gasteiger partial charge in [-0.3, -0.25) is 9.59 Å². The van der Waals surface area contributed by atoms with Gasteiger partial charge in [-0.1, -0.05) is 36.4 Å². The number of benzene rings is 4. The van der Waals surface area contributed by atoms with E-state index in [1.165, 1.54) is 48.5 Å². The van der Waals surface area contributed by atoms with Crippen molar-refractivity contribution in [2.45, 2.75) is 32.1 Å². The fraction of sp³-hybridized carbons (Fsp3) is 0.212. The molecule has 2 aliphatic heterocycles. The standard InChI is InChI=1S/C33H30F2N4O4/c34-24-9-13-26(14-10-24)36-30(40)18-38-28-7-3-1-5-22(28)20-42-32(38)17-33-39(29-8-4-2-6-23(29)21-43-33)19-31(41)37-27-15-11-25(35)12-16-27/h1-16,32-33H,17-21H2,(H,36,40)(H,37,41). The van der Waals surface area contributed by atoms with Gasteiger partial charge < -0.3 is 29.9 Å². The van der Waals surface area contributed by atoms with Crippen LogP contribution in [0.3, 0.4) is 0 Å². The molecule has 0 bridgehead atoms. The summed E-state index contributed by atoms with van der Waals surface area (Å²) < 4.78 is 39.3. The topological polar surface area (TPSA) is 83.1 Å². The highest BCUT2D eigenvalue weighted by Crippen LogP contribution is 2.35. The molecule has 2 heterocycles. The van der Waals surface area contributed by atoms with Gasteiger partial charge in [0, 0.05) is 40.3 Å². The van der Waals surface area contributed by atoms with E-state index in [0.717, 1.165) is 22.5 Å². The third-order valence-electron chi connectivity index (χ3n) is 7.45. The minimum absolute atomic E-state index is 0.0204. The smallest absolute Gasteiger partial charge is 0.243 e. The zero-order valence-electron chi connectivity index (χ0n) is 23.2. The van der Waals surface area contributed by atoms with Crippen molar-refractivity contribution in [3.8, 4) is 0 Å². The molecule has 220 valence electrons. The summed E-state index contributed by atoms with van der Waals surface area (Å²) in [6, 6.07) is 26.6. The first kappa shape index (κ1) is 28.3.